The number of likely N-dealkylation sites (tertiary alicyclic amines) is 1. The maximum atomic E-state index is 13.2. The summed E-state index contributed by atoms with van der Waals surface area (Å²) in [4.78, 5) is 51.5. The van der Waals surface area contributed by atoms with Gasteiger partial charge < -0.3 is 9.64 Å². The van der Waals surface area contributed by atoms with E-state index in [0.717, 1.165) is 19.3 Å². The highest BCUT2D eigenvalue weighted by atomic mass is 16.5. The van der Waals surface area contributed by atoms with Crippen LogP contribution in [0.5, 0.6) is 0 Å². The standard InChI is InChI=1S/C24H25N3O5/c28-20-13-14-21(29)27(25-20)19-11-9-18(10-12-19)24(31)32-22(17-7-3-1-4-8-17)23(30)26-15-5-2-6-16-26/h1,3-4,7-12,22H,2,5-6,13-16H2,(H,25,28). The SMILES string of the molecule is O=C1CCC(=O)N(c2ccc(C(=O)OC(C(=O)N3CCCCC3)c3ccccc3)cc2)N1. The summed E-state index contributed by atoms with van der Waals surface area (Å²) in [7, 11) is 0. The van der Waals surface area contributed by atoms with Gasteiger partial charge >= 0.3 is 5.97 Å². The molecule has 0 saturated carbocycles. The van der Waals surface area contributed by atoms with Gasteiger partial charge in [-0.25, -0.2) is 9.80 Å². The van der Waals surface area contributed by atoms with Crippen LogP contribution in [0.4, 0.5) is 5.69 Å². The van der Waals surface area contributed by atoms with E-state index in [0.29, 0.717) is 24.3 Å². The molecule has 166 valence electrons. The highest BCUT2D eigenvalue weighted by Crippen LogP contribution is 2.25. The zero-order valence-corrected chi connectivity index (χ0v) is 17.7. The minimum absolute atomic E-state index is 0.132. The van der Waals surface area contributed by atoms with Crippen molar-refractivity contribution in [3.8, 4) is 0 Å². The first-order valence-corrected chi connectivity index (χ1v) is 10.8. The second kappa shape index (κ2) is 9.64. The summed E-state index contributed by atoms with van der Waals surface area (Å²) in [6, 6.07) is 15.1. The lowest BCUT2D eigenvalue weighted by molar-refractivity contribution is -0.142. The lowest BCUT2D eigenvalue weighted by atomic mass is 10.1. The number of amides is 3. The van der Waals surface area contributed by atoms with Crippen molar-refractivity contribution in [2.24, 2.45) is 0 Å². The molecule has 32 heavy (non-hydrogen) atoms. The number of nitrogens with one attached hydrogen (secondary N) is 1. The van der Waals surface area contributed by atoms with E-state index in [4.69, 9.17) is 4.74 Å². The molecule has 0 spiro atoms. The predicted octanol–water partition coefficient (Wildman–Crippen LogP) is 2.76. The molecular weight excluding hydrogens is 410 g/mol. The first-order valence-electron chi connectivity index (χ1n) is 10.8. The first kappa shape index (κ1) is 21.5. The summed E-state index contributed by atoms with van der Waals surface area (Å²) >= 11 is 0. The van der Waals surface area contributed by atoms with Crippen molar-refractivity contribution in [1.82, 2.24) is 10.3 Å². The zero-order valence-electron chi connectivity index (χ0n) is 17.7. The van der Waals surface area contributed by atoms with E-state index in [-0.39, 0.29) is 36.1 Å². The van der Waals surface area contributed by atoms with Crippen LogP contribution in [0.1, 0.15) is 54.1 Å². The van der Waals surface area contributed by atoms with E-state index < -0.39 is 12.1 Å². The van der Waals surface area contributed by atoms with Crippen LogP contribution in [0.3, 0.4) is 0 Å². The van der Waals surface area contributed by atoms with Crippen molar-refractivity contribution >= 4 is 29.4 Å². The largest absolute Gasteiger partial charge is 0.444 e. The molecule has 4 rings (SSSR count). The molecule has 2 aromatic rings. The van der Waals surface area contributed by atoms with Crippen LogP contribution in [-0.4, -0.2) is 41.7 Å². The number of hydrogen-bond donors (Lipinski definition) is 1. The van der Waals surface area contributed by atoms with Crippen LogP contribution >= 0.6 is 0 Å². The maximum Gasteiger partial charge on any atom is 0.339 e. The Labute approximate surface area is 186 Å². The molecular formula is C24H25N3O5. The van der Waals surface area contributed by atoms with Crippen LogP contribution in [0, 0.1) is 0 Å². The van der Waals surface area contributed by atoms with E-state index in [9.17, 15) is 19.2 Å². The minimum Gasteiger partial charge on any atom is -0.444 e. The fraction of sp³-hybridized carbons (Fsp3) is 0.333. The third kappa shape index (κ3) is 4.80. The van der Waals surface area contributed by atoms with Gasteiger partial charge in [-0.05, 0) is 43.5 Å². The Bertz CT molecular complexity index is 1000. The number of carbonyl (C=O) groups is 4. The predicted molar refractivity (Wildman–Crippen MR) is 116 cm³/mol. The van der Waals surface area contributed by atoms with Gasteiger partial charge in [-0.15, -0.1) is 0 Å². The number of hydrogen-bond acceptors (Lipinski definition) is 5. The van der Waals surface area contributed by atoms with E-state index in [1.54, 1.807) is 41.3 Å². The number of hydrazine groups is 1. The van der Waals surface area contributed by atoms with Gasteiger partial charge in [0.1, 0.15) is 0 Å². The molecule has 0 bridgehead atoms. The number of ether oxygens (including phenoxy) is 1. The molecule has 3 amide bonds. The van der Waals surface area contributed by atoms with Crippen molar-refractivity contribution in [1.29, 1.82) is 0 Å². The quantitative estimate of drug-likeness (QED) is 0.729. The van der Waals surface area contributed by atoms with Crippen molar-refractivity contribution in [3.05, 3.63) is 65.7 Å². The smallest absolute Gasteiger partial charge is 0.339 e. The molecule has 1 N–H and O–H groups in total. The number of anilines is 1. The van der Waals surface area contributed by atoms with Crippen molar-refractivity contribution in [2.45, 2.75) is 38.2 Å². The minimum atomic E-state index is -1.02. The second-order valence-electron chi connectivity index (χ2n) is 7.89. The molecule has 0 radical (unpaired) electrons. The van der Waals surface area contributed by atoms with Crippen LogP contribution in [0.25, 0.3) is 0 Å². The van der Waals surface area contributed by atoms with Gasteiger partial charge in [-0.1, -0.05) is 30.3 Å². The third-order valence-corrected chi connectivity index (χ3v) is 5.63. The molecule has 1 unspecified atom stereocenters. The van der Waals surface area contributed by atoms with Crippen LogP contribution < -0.4 is 10.4 Å². The number of esters is 1. The molecule has 0 aliphatic carbocycles. The Morgan fingerprint density at radius 2 is 1.56 bits per heavy atom. The van der Waals surface area contributed by atoms with Gasteiger partial charge in [-0.3, -0.25) is 19.8 Å². The molecule has 1 atom stereocenters. The Kier molecular flexibility index (Phi) is 6.49. The fourth-order valence-corrected chi connectivity index (χ4v) is 3.87. The molecule has 2 fully saturated rings. The number of piperidine rings is 1. The van der Waals surface area contributed by atoms with Gasteiger partial charge in [0.05, 0.1) is 11.3 Å². The summed E-state index contributed by atoms with van der Waals surface area (Å²) in [6.45, 7) is 1.31. The van der Waals surface area contributed by atoms with E-state index in [1.165, 1.54) is 17.1 Å². The molecule has 2 aliphatic heterocycles. The molecule has 2 heterocycles. The average molecular weight is 435 g/mol. The van der Waals surface area contributed by atoms with Crippen molar-refractivity contribution in [2.75, 3.05) is 18.1 Å². The Morgan fingerprint density at radius 3 is 2.25 bits per heavy atom. The number of nitrogens with zero attached hydrogens (tertiary/aromatic N) is 2. The summed E-state index contributed by atoms with van der Waals surface area (Å²) in [5.41, 5.74) is 3.83. The molecule has 0 aromatic heterocycles. The monoisotopic (exact) mass is 435 g/mol. The lowest BCUT2D eigenvalue weighted by Gasteiger charge is -2.30. The van der Waals surface area contributed by atoms with E-state index in [2.05, 4.69) is 5.43 Å². The van der Waals surface area contributed by atoms with Crippen molar-refractivity contribution in [3.63, 3.8) is 0 Å². The van der Waals surface area contributed by atoms with Gasteiger partial charge in [-0.2, -0.15) is 0 Å². The summed E-state index contributed by atoms with van der Waals surface area (Å²) in [5.74, 6) is -1.32. The molecule has 8 heteroatoms. The van der Waals surface area contributed by atoms with Crippen LogP contribution in [0.15, 0.2) is 54.6 Å². The molecule has 2 saturated heterocycles. The van der Waals surface area contributed by atoms with Crippen molar-refractivity contribution < 1.29 is 23.9 Å². The Balaban J connectivity index is 1.51. The van der Waals surface area contributed by atoms with Gasteiger partial charge in [0, 0.05) is 31.5 Å². The second-order valence-corrected chi connectivity index (χ2v) is 7.89. The highest BCUT2D eigenvalue weighted by Gasteiger charge is 2.31. The number of benzene rings is 2. The average Bonchev–Trinajstić information content (AvgIpc) is 2.84. The third-order valence-electron chi connectivity index (χ3n) is 5.63. The van der Waals surface area contributed by atoms with E-state index in [1.807, 2.05) is 6.07 Å². The number of carbonyl (C=O) groups excluding carboxylic acids is 4. The Hall–Kier alpha value is -3.68. The highest BCUT2D eigenvalue weighted by molar-refractivity contribution is 6.01. The normalized spacial score (nSPS) is 17.5. The van der Waals surface area contributed by atoms with Gasteiger partial charge in [0.15, 0.2) is 0 Å². The Morgan fingerprint density at radius 1 is 0.875 bits per heavy atom. The summed E-state index contributed by atoms with van der Waals surface area (Å²) in [5, 5.41) is 1.17. The maximum absolute atomic E-state index is 13.2. The molecule has 8 nitrogen and oxygen atoms in total. The summed E-state index contributed by atoms with van der Waals surface area (Å²) in [6.07, 6.45) is 2.23. The van der Waals surface area contributed by atoms with E-state index >= 15 is 0 Å². The summed E-state index contributed by atoms with van der Waals surface area (Å²) < 4.78 is 5.68. The lowest BCUT2D eigenvalue weighted by Crippen LogP contribution is -2.50. The number of rotatable bonds is 5. The topological polar surface area (TPSA) is 96.0 Å². The van der Waals surface area contributed by atoms with Crippen LogP contribution in [0.2, 0.25) is 0 Å². The first-order chi connectivity index (χ1) is 15.5. The molecule has 2 aromatic carbocycles. The van der Waals surface area contributed by atoms with Crippen LogP contribution in [-0.2, 0) is 19.1 Å². The van der Waals surface area contributed by atoms with Gasteiger partial charge in [0.25, 0.3) is 5.91 Å². The molecule has 2 aliphatic rings. The fourth-order valence-electron chi connectivity index (χ4n) is 3.87. The van der Waals surface area contributed by atoms with Gasteiger partial charge in [0.2, 0.25) is 17.9 Å². The zero-order chi connectivity index (χ0) is 22.5.